The fraction of sp³-hybridized carbons (Fsp3) is 0.562. The van der Waals surface area contributed by atoms with Crippen molar-refractivity contribution in [3.63, 3.8) is 0 Å². The molecular weight excluding hydrogens is 646 g/mol. The number of hydrogen-bond acceptors (Lipinski definition) is 12. The third-order valence-corrected chi connectivity index (χ3v) is 10.2. The molecule has 0 radical (unpaired) electrons. The van der Waals surface area contributed by atoms with Crippen LogP contribution in [0.25, 0.3) is 10.8 Å². The number of nitrogens with one attached hydrogen (secondary N) is 3. The van der Waals surface area contributed by atoms with Gasteiger partial charge in [0.05, 0.1) is 25.8 Å². The number of aromatic nitrogens is 1. The van der Waals surface area contributed by atoms with Gasteiger partial charge in [0.15, 0.2) is 0 Å². The summed E-state index contributed by atoms with van der Waals surface area (Å²) in [6.45, 7) is 3.55. The molecule has 15 nitrogen and oxygen atoms in total. The van der Waals surface area contributed by atoms with E-state index in [1.165, 1.54) is 11.0 Å². The summed E-state index contributed by atoms with van der Waals surface area (Å²) in [6, 6.07) is 6.22. The molecule has 1 saturated heterocycles. The summed E-state index contributed by atoms with van der Waals surface area (Å²) in [7, 11) is -2.81. The number of amides is 3. The second kappa shape index (κ2) is 13.9. The average molecular weight is 688 g/mol. The Morgan fingerprint density at radius 1 is 1.15 bits per heavy atom. The van der Waals surface area contributed by atoms with Gasteiger partial charge < -0.3 is 30.0 Å². The van der Waals surface area contributed by atoms with Crippen LogP contribution in [0, 0.1) is 5.92 Å². The van der Waals surface area contributed by atoms with Gasteiger partial charge in [-0.05, 0) is 74.6 Å². The maximum atomic E-state index is 13.9. The molecule has 3 amide bonds. The normalized spacial score (nSPS) is 26.4. The van der Waals surface area contributed by atoms with Crippen LogP contribution >= 0.6 is 0 Å². The summed E-state index contributed by atoms with van der Waals surface area (Å²) in [5.41, 5.74) is -1.58. The predicted molar refractivity (Wildman–Crippen MR) is 171 cm³/mol. The number of pyridine rings is 1. The topological polar surface area (TPSA) is 195 Å². The first kappa shape index (κ1) is 33.9. The Bertz CT molecular complexity index is 1660. The maximum Gasteiger partial charge on any atom is 0.407 e. The molecular formula is C32H41N5O10S. The molecule has 3 saturated carbocycles. The van der Waals surface area contributed by atoms with E-state index in [-0.39, 0.29) is 32.0 Å². The SMILES string of the molecule is C=CC1C[C@]1(NC(=O)[C@@H]1C[C@@H](Oc2nccc3cc(OC)ccc23)CN1C(O)CNC(=O)OC1CCCC1)C(=O)NS(=O)(=O)OC1CC1. The number of alkyl carbamates (subject to hydrolysis) is 1. The summed E-state index contributed by atoms with van der Waals surface area (Å²) in [4.78, 5) is 45.5. The number of ether oxygens (including phenoxy) is 3. The van der Waals surface area contributed by atoms with Crippen molar-refractivity contribution in [2.75, 3.05) is 20.2 Å². The first-order chi connectivity index (χ1) is 23.0. The van der Waals surface area contributed by atoms with Crippen LogP contribution in [-0.4, -0.2) is 97.6 Å². The summed E-state index contributed by atoms with van der Waals surface area (Å²) in [5.74, 6) is -1.13. The van der Waals surface area contributed by atoms with Gasteiger partial charge in [-0.15, -0.1) is 6.58 Å². The fourth-order valence-corrected chi connectivity index (χ4v) is 7.41. The van der Waals surface area contributed by atoms with Gasteiger partial charge in [-0.1, -0.05) is 6.08 Å². The molecule has 1 aliphatic heterocycles. The van der Waals surface area contributed by atoms with Crippen molar-refractivity contribution in [2.24, 2.45) is 5.92 Å². The standard InChI is InChI=1S/C32H41N5O10S/c1-3-20-16-32(20,30(40)36-48(42,43)47-22-8-9-22)35-28(39)26-15-24(45-29-25-11-10-23(44-2)14-19(25)12-13-33-29)18-37(26)27(38)17-34-31(41)46-21-6-4-5-7-21/h3,10-14,20-22,24,26-27,38H,1,4-9,15-18H2,2H3,(H,34,41)(H,35,39)(H,36,40)/t20?,24-,26+,27?,32-/m1/s1. The lowest BCUT2D eigenvalue weighted by molar-refractivity contribution is -0.134. The zero-order valence-electron chi connectivity index (χ0n) is 26.6. The predicted octanol–water partition coefficient (Wildman–Crippen LogP) is 1.65. The molecule has 260 valence electrons. The molecule has 2 aromatic rings. The number of methoxy groups -OCH3 is 1. The Balaban J connectivity index is 1.18. The number of rotatable bonds is 14. The van der Waals surface area contributed by atoms with Gasteiger partial charge in [-0.2, -0.15) is 8.42 Å². The average Bonchev–Trinajstić information content (AvgIpc) is 3.89. The Kier molecular flexibility index (Phi) is 9.79. The molecule has 16 heteroatoms. The molecule has 0 bridgehead atoms. The van der Waals surface area contributed by atoms with Crippen LogP contribution in [0.4, 0.5) is 4.79 Å². The number of aliphatic hydroxyl groups is 1. The Morgan fingerprint density at radius 2 is 1.92 bits per heavy atom. The monoisotopic (exact) mass is 687 g/mol. The number of nitrogens with zero attached hydrogens (tertiary/aromatic N) is 2. The van der Waals surface area contributed by atoms with Crippen molar-refractivity contribution >= 4 is 39.0 Å². The maximum absolute atomic E-state index is 13.9. The first-order valence-electron chi connectivity index (χ1n) is 16.2. The Hall–Kier alpha value is -3.99. The lowest BCUT2D eigenvalue weighted by Crippen LogP contribution is -2.57. The second-order valence-electron chi connectivity index (χ2n) is 12.8. The molecule has 0 spiro atoms. The van der Waals surface area contributed by atoms with E-state index in [4.69, 9.17) is 18.4 Å². The van der Waals surface area contributed by atoms with Crippen LogP contribution in [0.15, 0.2) is 43.1 Å². The molecule has 3 aliphatic carbocycles. The number of hydrogen-bond donors (Lipinski definition) is 4. The molecule has 1 aromatic heterocycles. The Labute approximate surface area is 278 Å². The van der Waals surface area contributed by atoms with E-state index in [0.717, 1.165) is 31.1 Å². The number of fused-ring (bicyclic) bond motifs is 1. The van der Waals surface area contributed by atoms with E-state index in [9.17, 15) is 27.9 Å². The highest BCUT2D eigenvalue weighted by Crippen LogP contribution is 2.45. The summed E-state index contributed by atoms with van der Waals surface area (Å²) >= 11 is 0. The molecule has 4 aliphatic rings. The molecule has 1 aromatic carbocycles. The zero-order chi connectivity index (χ0) is 34.1. The number of aliphatic hydroxyl groups excluding tert-OH is 1. The van der Waals surface area contributed by atoms with Gasteiger partial charge in [0.1, 0.15) is 29.7 Å². The quantitative estimate of drug-likeness (QED) is 0.210. The third-order valence-electron chi connectivity index (χ3n) is 9.26. The highest BCUT2D eigenvalue weighted by Gasteiger charge is 2.61. The van der Waals surface area contributed by atoms with E-state index in [1.54, 1.807) is 19.4 Å². The highest BCUT2D eigenvalue weighted by atomic mass is 32.2. The fourth-order valence-electron chi connectivity index (χ4n) is 6.40. The molecule has 6 rings (SSSR count). The number of benzene rings is 1. The van der Waals surface area contributed by atoms with Crippen LogP contribution in [-0.2, 0) is 28.8 Å². The van der Waals surface area contributed by atoms with Crippen molar-refractivity contribution in [1.29, 1.82) is 0 Å². The van der Waals surface area contributed by atoms with E-state index >= 15 is 0 Å². The number of likely N-dealkylation sites (tertiary alicyclic amines) is 1. The minimum absolute atomic E-state index is 0.0700. The van der Waals surface area contributed by atoms with E-state index in [1.807, 2.05) is 22.9 Å². The van der Waals surface area contributed by atoms with Crippen molar-refractivity contribution in [3.05, 3.63) is 43.1 Å². The second-order valence-corrected chi connectivity index (χ2v) is 14.1. The van der Waals surface area contributed by atoms with E-state index < -0.39 is 64.1 Å². The summed E-state index contributed by atoms with van der Waals surface area (Å²) in [5, 5.41) is 18.1. The molecule has 2 heterocycles. The van der Waals surface area contributed by atoms with Crippen molar-refractivity contribution in [1.82, 2.24) is 25.2 Å². The molecule has 5 atom stereocenters. The van der Waals surface area contributed by atoms with Crippen LogP contribution < -0.4 is 24.8 Å². The Morgan fingerprint density at radius 3 is 2.60 bits per heavy atom. The van der Waals surface area contributed by atoms with Crippen molar-refractivity contribution in [3.8, 4) is 11.6 Å². The van der Waals surface area contributed by atoms with E-state index in [0.29, 0.717) is 29.9 Å². The minimum atomic E-state index is -4.38. The van der Waals surface area contributed by atoms with Crippen molar-refractivity contribution in [2.45, 2.75) is 87.5 Å². The molecule has 4 N–H and O–H groups in total. The molecule has 4 fully saturated rings. The van der Waals surface area contributed by atoms with Gasteiger partial charge in [-0.25, -0.2) is 14.5 Å². The number of carbonyl (C=O) groups is 3. The van der Waals surface area contributed by atoms with Crippen LogP contribution in [0.3, 0.4) is 0 Å². The molecule has 48 heavy (non-hydrogen) atoms. The van der Waals surface area contributed by atoms with Gasteiger partial charge in [0.25, 0.3) is 5.91 Å². The van der Waals surface area contributed by atoms with Crippen LogP contribution in [0.5, 0.6) is 11.6 Å². The lowest BCUT2D eigenvalue weighted by atomic mass is 10.1. The lowest BCUT2D eigenvalue weighted by Gasteiger charge is -2.30. The van der Waals surface area contributed by atoms with Crippen LogP contribution in [0.2, 0.25) is 0 Å². The van der Waals surface area contributed by atoms with Gasteiger partial charge in [0.2, 0.25) is 11.8 Å². The van der Waals surface area contributed by atoms with Gasteiger partial charge >= 0.3 is 16.4 Å². The zero-order valence-corrected chi connectivity index (χ0v) is 27.4. The highest BCUT2D eigenvalue weighted by molar-refractivity contribution is 7.85. The van der Waals surface area contributed by atoms with Gasteiger partial charge in [0, 0.05) is 30.5 Å². The van der Waals surface area contributed by atoms with Crippen molar-refractivity contribution < 1.29 is 46.3 Å². The van der Waals surface area contributed by atoms with Crippen LogP contribution in [0.1, 0.15) is 51.4 Å². The largest absolute Gasteiger partial charge is 0.497 e. The van der Waals surface area contributed by atoms with E-state index in [2.05, 4.69) is 22.2 Å². The summed E-state index contributed by atoms with van der Waals surface area (Å²) in [6.07, 6.45) is 4.69. The number of carbonyl (C=O) groups excluding carboxylic acids is 3. The smallest absolute Gasteiger partial charge is 0.407 e. The van der Waals surface area contributed by atoms with Gasteiger partial charge in [-0.3, -0.25) is 18.7 Å². The molecule has 2 unspecified atom stereocenters. The summed E-state index contributed by atoms with van der Waals surface area (Å²) < 4.78 is 48.8. The first-order valence-corrected chi connectivity index (χ1v) is 17.6. The minimum Gasteiger partial charge on any atom is -0.497 e. The third kappa shape index (κ3) is 7.66.